The summed E-state index contributed by atoms with van der Waals surface area (Å²) in [7, 11) is -12.6. The fourth-order valence-corrected chi connectivity index (χ4v) is 3.89. The Kier molecular flexibility index (Phi) is 26.4. The Morgan fingerprint density at radius 1 is 0.875 bits per heavy atom. The minimum atomic E-state index is -6.32. The van der Waals surface area contributed by atoms with Crippen LogP contribution in [0.4, 0.5) is 0 Å². The second kappa shape index (κ2) is 16.5. The second-order valence-corrected chi connectivity index (χ2v) is 7.62. The van der Waals surface area contributed by atoms with E-state index in [4.69, 9.17) is 11.5 Å². The van der Waals surface area contributed by atoms with Crippen molar-refractivity contribution in [3.63, 3.8) is 0 Å². The van der Waals surface area contributed by atoms with Crippen molar-refractivity contribution < 1.29 is 157 Å². The number of aliphatic hydroxyl groups excluding tert-OH is 1. The van der Waals surface area contributed by atoms with E-state index < -0.39 is 44.6 Å². The first kappa shape index (κ1) is 38.3. The van der Waals surface area contributed by atoms with E-state index in [0.717, 1.165) is 0 Å². The van der Waals surface area contributed by atoms with Crippen LogP contribution in [0, 0.1) is 0 Å². The average molecular weight is 422 g/mol. The van der Waals surface area contributed by atoms with Crippen LogP contribution in [0.15, 0.2) is 11.3 Å². The minimum Gasteiger partial charge on any atom is -0.808 e. The molecular weight excluding hydrogens is 406 g/mol. The van der Waals surface area contributed by atoms with Crippen molar-refractivity contribution in [2.45, 2.75) is 24.3 Å². The van der Waals surface area contributed by atoms with E-state index >= 15 is 0 Å². The van der Waals surface area contributed by atoms with E-state index in [0.29, 0.717) is 0 Å². The van der Waals surface area contributed by atoms with Crippen LogP contribution in [0.2, 0.25) is 0 Å². The first-order chi connectivity index (χ1) is 8.93. The quantitative estimate of drug-likeness (QED) is 0.164. The summed E-state index contributed by atoms with van der Waals surface area (Å²) in [4.78, 5) is 44.1. The maximum absolute atomic E-state index is 11.0. The van der Waals surface area contributed by atoms with Gasteiger partial charge in [-0.1, -0.05) is 0 Å². The van der Waals surface area contributed by atoms with Crippen LogP contribution in [0.5, 0.6) is 0 Å². The zero-order valence-electron chi connectivity index (χ0n) is 14.4. The van der Waals surface area contributed by atoms with Gasteiger partial charge >= 0.3 is 118 Å². The van der Waals surface area contributed by atoms with Gasteiger partial charge in [0.2, 0.25) is 0 Å². The Labute approximate surface area is 229 Å². The maximum atomic E-state index is 11.0. The van der Waals surface area contributed by atoms with Crippen LogP contribution in [0.1, 0.15) is 19.3 Å². The molecule has 6 N–H and O–H groups in total. The molecule has 0 heterocycles. The van der Waals surface area contributed by atoms with Crippen molar-refractivity contribution in [1.82, 2.24) is 0 Å². The second-order valence-electron chi connectivity index (χ2n) is 3.99. The minimum absolute atomic E-state index is 0. The summed E-state index contributed by atoms with van der Waals surface area (Å²) in [6.07, 6.45) is -0.857. The number of aliphatic hydroxyl groups is 2. The third-order valence-electron chi connectivity index (χ3n) is 2.53. The third-order valence-corrected chi connectivity index (χ3v) is 6.07. The summed E-state index contributed by atoms with van der Waals surface area (Å²) < 4.78 is 22.1. The molecule has 0 rings (SSSR count). The molecule has 0 saturated heterocycles. The number of hydrogen-bond acceptors (Lipinski definition) is 10. The molecule has 0 radical (unpaired) electrons. The molecule has 0 aliphatic carbocycles. The van der Waals surface area contributed by atoms with E-state index in [1.165, 1.54) is 0 Å². The first-order valence-electron chi connectivity index (χ1n) is 5.51. The molecule has 0 aliphatic heterocycles. The molecule has 0 aromatic carbocycles. The zero-order valence-corrected chi connectivity index (χ0v) is 24.2. The molecule has 0 bridgehead atoms. The molecule has 0 spiro atoms. The molecular formula is C8H16N2Na4O8P2. The van der Waals surface area contributed by atoms with E-state index in [2.05, 4.69) is 0 Å². The Bertz CT molecular complexity index is 447. The van der Waals surface area contributed by atoms with Gasteiger partial charge in [0.15, 0.2) is 0 Å². The van der Waals surface area contributed by atoms with E-state index in [1.807, 2.05) is 0 Å². The summed E-state index contributed by atoms with van der Waals surface area (Å²) in [5.41, 5.74) is 9.15. The fraction of sp³-hybridized carbons (Fsp3) is 0.750. The van der Waals surface area contributed by atoms with Crippen LogP contribution in [0.25, 0.3) is 0 Å². The number of allylic oxidation sites excluding steroid dienone is 1. The topological polar surface area (TPSA) is 219 Å². The molecule has 24 heavy (non-hydrogen) atoms. The number of hydrogen-bond donors (Lipinski definition) is 4. The van der Waals surface area contributed by atoms with Crippen molar-refractivity contribution in [3.8, 4) is 0 Å². The number of nitrogens with two attached hydrogens (primary N) is 2. The molecule has 16 heteroatoms. The van der Waals surface area contributed by atoms with Gasteiger partial charge in [-0.2, -0.15) is 0 Å². The standard InChI is InChI=1S/C8H20N2O8P2.4Na/c9-4-1-2-7(11)6(3-5-10)8(12,19(13,14)15)20(16,17)18;;;;/h11-12H,1-5,9-10H2,(H2,13,14,15)(H2,16,17,18);;;;/q;4*+1/p-4. The van der Waals surface area contributed by atoms with Crippen LogP contribution in [-0.4, -0.2) is 28.4 Å². The molecule has 0 atom stereocenters. The van der Waals surface area contributed by atoms with Gasteiger partial charge in [-0.25, -0.2) is 0 Å². The molecule has 0 aromatic rings. The Morgan fingerprint density at radius 2 is 1.25 bits per heavy atom. The van der Waals surface area contributed by atoms with Crippen molar-refractivity contribution in [1.29, 1.82) is 0 Å². The summed E-state index contributed by atoms with van der Waals surface area (Å²) in [5, 5.41) is 15.1. The van der Waals surface area contributed by atoms with Crippen LogP contribution < -0.4 is 149 Å². The van der Waals surface area contributed by atoms with Gasteiger partial charge in [-0.3, -0.25) is 0 Å². The molecule has 0 aromatic heterocycles. The van der Waals surface area contributed by atoms with Crippen molar-refractivity contribution in [3.05, 3.63) is 11.3 Å². The number of rotatable bonds is 8. The van der Waals surface area contributed by atoms with Gasteiger partial charge < -0.3 is 50.4 Å². The summed E-state index contributed by atoms with van der Waals surface area (Å²) >= 11 is 0. The predicted octanol–water partition coefficient (Wildman–Crippen LogP) is -15.6. The van der Waals surface area contributed by atoms with Crippen LogP contribution >= 0.6 is 15.2 Å². The summed E-state index contributed by atoms with van der Waals surface area (Å²) in [5.74, 6) is -0.901. The van der Waals surface area contributed by atoms with E-state index in [-0.39, 0.29) is 138 Å². The fourth-order valence-electron chi connectivity index (χ4n) is 1.55. The van der Waals surface area contributed by atoms with Crippen LogP contribution in [-0.2, 0) is 9.13 Å². The maximum Gasteiger partial charge on any atom is 1.00 e. The largest absolute Gasteiger partial charge is 1.00 e. The predicted molar refractivity (Wildman–Crippen MR) is 61.8 cm³/mol. The van der Waals surface area contributed by atoms with Gasteiger partial charge in [0.05, 0.1) is 5.76 Å². The molecule has 0 saturated carbocycles. The van der Waals surface area contributed by atoms with Gasteiger partial charge in [0.1, 0.15) is 5.08 Å². The molecule has 0 amide bonds. The van der Waals surface area contributed by atoms with Gasteiger partial charge in [0.25, 0.3) is 0 Å². The Hall–Kier alpha value is 3.72. The van der Waals surface area contributed by atoms with E-state index in [1.54, 1.807) is 0 Å². The van der Waals surface area contributed by atoms with Crippen LogP contribution in [0.3, 0.4) is 0 Å². The SMILES string of the molecule is NCCCC(O)=C(CCN)C(O)(P(=O)([O-])[O-])P(=O)([O-])[O-].[Na+].[Na+].[Na+].[Na+]. The van der Waals surface area contributed by atoms with Crippen molar-refractivity contribution in [2.75, 3.05) is 13.1 Å². The normalized spacial score (nSPS) is 12.6. The van der Waals surface area contributed by atoms with Gasteiger partial charge in [-0.05, 0) is 41.1 Å². The molecule has 0 aliphatic rings. The summed E-state index contributed by atoms with van der Waals surface area (Å²) in [6.45, 7) is -0.332. The smallest absolute Gasteiger partial charge is 0.808 e. The first-order valence-corrected chi connectivity index (χ1v) is 8.60. The van der Waals surface area contributed by atoms with Gasteiger partial charge in [0, 0.05) is 12.0 Å². The Morgan fingerprint density at radius 3 is 1.50 bits per heavy atom. The molecule has 0 fully saturated rings. The monoisotopic (exact) mass is 422 g/mol. The molecule has 120 valence electrons. The zero-order chi connectivity index (χ0) is 16.2. The van der Waals surface area contributed by atoms with Gasteiger partial charge in [-0.15, -0.1) is 0 Å². The molecule has 10 nitrogen and oxygen atoms in total. The van der Waals surface area contributed by atoms with Crippen molar-refractivity contribution in [2.24, 2.45) is 11.5 Å². The Balaban J connectivity index is -0.000000301. The van der Waals surface area contributed by atoms with Crippen molar-refractivity contribution >= 4 is 15.2 Å². The van der Waals surface area contributed by atoms with E-state index in [9.17, 15) is 38.9 Å². The molecule has 0 unspecified atom stereocenters. The average Bonchev–Trinajstić information content (AvgIpc) is 2.29. The summed E-state index contributed by atoms with van der Waals surface area (Å²) in [6, 6.07) is 0. The third kappa shape index (κ3) is 10.5.